The van der Waals surface area contributed by atoms with Crippen LogP contribution in [0.2, 0.25) is 0 Å². The molecule has 1 aromatic heterocycles. The molecule has 124 valence electrons. The first-order chi connectivity index (χ1) is 10.9. The van der Waals surface area contributed by atoms with Crippen LogP contribution in [0.5, 0.6) is 0 Å². The minimum Gasteiger partial charge on any atom is -0.358 e. The summed E-state index contributed by atoms with van der Waals surface area (Å²) in [6.07, 6.45) is 6.20. The number of amides is 1. The summed E-state index contributed by atoms with van der Waals surface area (Å²) in [6, 6.07) is 5.72. The Labute approximate surface area is 136 Å². The quantitative estimate of drug-likeness (QED) is 0.823. The molecule has 3 rings (SSSR count). The Balaban J connectivity index is 1.71. The third-order valence-electron chi connectivity index (χ3n) is 4.34. The van der Waals surface area contributed by atoms with E-state index in [0.717, 1.165) is 23.7 Å². The number of carbonyl (C=O) groups is 1. The van der Waals surface area contributed by atoms with E-state index in [4.69, 9.17) is 0 Å². The number of sulfone groups is 1. The smallest absolute Gasteiger partial charge is 0.251 e. The molecule has 0 saturated carbocycles. The average molecular weight is 334 g/mol. The number of aryl methyl sites for hydroxylation is 2. The molecular formula is C17H22N2O3S. The third-order valence-corrected chi connectivity index (χ3v) is 5.37. The summed E-state index contributed by atoms with van der Waals surface area (Å²) < 4.78 is 22.2. The summed E-state index contributed by atoms with van der Waals surface area (Å²) in [5.74, 6) is -0.0522. The van der Waals surface area contributed by atoms with Gasteiger partial charge in [0.05, 0.1) is 5.75 Å². The summed E-state index contributed by atoms with van der Waals surface area (Å²) >= 11 is 0. The molecule has 0 fully saturated rings. The molecule has 0 spiro atoms. The maximum atomic E-state index is 12.2. The van der Waals surface area contributed by atoms with Crippen LogP contribution < -0.4 is 5.32 Å². The minimum absolute atomic E-state index is 0.0949. The molecule has 5 nitrogen and oxygen atoms in total. The van der Waals surface area contributed by atoms with Crippen molar-refractivity contribution in [3.63, 3.8) is 0 Å². The van der Waals surface area contributed by atoms with Gasteiger partial charge < -0.3 is 10.3 Å². The number of rotatable bonds is 5. The van der Waals surface area contributed by atoms with Crippen LogP contribution in [-0.2, 0) is 22.7 Å². The van der Waals surface area contributed by atoms with E-state index in [2.05, 4.69) is 10.3 Å². The Morgan fingerprint density at radius 1 is 1.26 bits per heavy atom. The lowest BCUT2D eigenvalue weighted by Crippen LogP contribution is -2.25. The fourth-order valence-corrected chi connectivity index (χ4v) is 3.85. The normalized spacial score (nSPS) is 14.7. The lowest BCUT2D eigenvalue weighted by atomic mass is 9.95. The molecule has 1 aliphatic rings. The fraction of sp³-hybridized carbons (Fsp3) is 0.471. The number of benzene rings is 1. The first-order valence-corrected chi connectivity index (χ1v) is 10.1. The topological polar surface area (TPSA) is 79.0 Å². The second-order valence-corrected chi connectivity index (χ2v) is 8.55. The molecule has 2 N–H and O–H groups in total. The van der Waals surface area contributed by atoms with Crippen molar-refractivity contribution in [2.75, 3.05) is 18.6 Å². The van der Waals surface area contributed by atoms with Crippen molar-refractivity contribution in [3.8, 4) is 0 Å². The van der Waals surface area contributed by atoms with Crippen molar-refractivity contribution in [1.82, 2.24) is 10.3 Å². The van der Waals surface area contributed by atoms with Crippen molar-refractivity contribution < 1.29 is 13.2 Å². The third kappa shape index (κ3) is 3.75. The summed E-state index contributed by atoms with van der Waals surface area (Å²) in [5, 5.41) is 3.94. The number of nitrogens with one attached hydrogen (secondary N) is 2. The first-order valence-electron chi connectivity index (χ1n) is 8.03. The monoisotopic (exact) mass is 334 g/mol. The Hall–Kier alpha value is -1.82. The highest BCUT2D eigenvalue weighted by Crippen LogP contribution is 2.29. The van der Waals surface area contributed by atoms with Gasteiger partial charge in [-0.05, 0) is 55.9 Å². The number of aromatic nitrogens is 1. The SMILES string of the molecule is CS(=O)(=O)CCCNC(=O)c1ccc2[nH]c3c(c2c1)CCCC3. The van der Waals surface area contributed by atoms with Crippen LogP contribution in [0.3, 0.4) is 0 Å². The van der Waals surface area contributed by atoms with Gasteiger partial charge in [-0.3, -0.25) is 4.79 Å². The predicted molar refractivity (Wildman–Crippen MR) is 91.6 cm³/mol. The van der Waals surface area contributed by atoms with Crippen LogP contribution >= 0.6 is 0 Å². The van der Waals surface area contributed by atoms with Crippen LogP contribution in [0, 0.1) is 0 Å². The predicted octanol–water partition coefficient (Wildman–Crippen LogP) is 2.21. The van der Waals surface area contributed by atoms with Gasteiger partial charge in [0.1, 0.15) is 9.84 Å². The summed E-state index contributed by atoms with van der Waals surface area (Å²) in [5.41, 5.74) is 4.37. The molecule has 1 aromatic carbocycles. The maximum Gasteiger partial charge on any atom is 0.251 e. The largest absolute Gasteiger partial charge is 0.358 e. The molecule has 0 radical (unpaired) electrons. The van der Waals surface area contributed by atoms with E-state index in [0.29, 0.717) is 18.5 Å². The molecule has 0 atom stereocenters. The number of hydrogen-bond donors (Lipinski definition) is 2. The summed E-state index contributed by atoms with van der Waals surface area (Å²) in [4.78, 5) is 15.7. The zero-order chi connectivity index (χ0) is 16.4. The van der Waals surface area contributed by atoms with Crippen molar-refractivity contribution in [2.24, 2.45) is 0 Å². The molecule has 0 aliphatic heterocycles. The van der Waals surface area contributed by atoms with Crippen molar-refractivity contribution in [1.29, 1.82) is 0 Å². The molecule has 1 aliphatic carbocycles. The zero-order valence-corrected chi connectivity index (χ0v) is 14.1. The van der Waals surface area contributed by atoms with E-state index in [1.807, 2.05) is 18.2 Å². The van der Waals surface area contributed by atoms with E-state index in [1.54, 1.807) is 0 Å². The van der Waals surface area contributed by atoms with Crippen molar-refractivity contribution >= 4 is 26.6 Å². The number of fused-ring (bicyclic) bond motifs is 3. The molecule has 1 amide bonds. The Morgan fingerprint density at radius 2 is 2.04 bits per heavy atom. The number of carbonyl (C=O) groups excluding carboxylic acids is 1. The molecule has 6 heteroatoms. The van der Waals surface area contributed by atoms with Crippen LogP contribution in [0.15, 0.2) is 18.2 Å². The molecule has 1 heterocycles. The minimum atomic E-state index is -2.97. The van der Waals surface area contributed by atoms with E-state index in [-0.39, 0.29) is 11.7 Å². The molecule has 0 saturated heterocycles. The molecule has 23 heavy (non-hydrogen) atoms. The molecule has 0 bridgehead atoms. The second-order valence-electron chi connectivity index (χ2n) is 6.29. The van der Waals surface area contributed by atoms with Crippen LogP contribution in [0.1, 0.15) is 40.9 Å². The van der Waals surface area contributed by atoms with Crippen molar-refractivity contribution in [2.45, 2.75) is 32.1 Å². The van der Waals surface area contributed by atoms with Gasteiger partial charge in [0, 0.05) is 35.0 Å². The number of aromatic amines is 1. The van der Waals surface area contributed by atoms with Gasteiger partial charge in [-0.25, -0.2) is 8.42 Å². The number of hydrogen-bond acceptors (Lipinski definition) is 3. The van der Waals surface area contributed by atoms with Gasteiger partial charge in [0.2, 0.25) is 0 Å². The van der Waals surface area contributed by atoms with Gasteiger partial charge in [-0.15, -0.1) is 0 Å². The highest BCUT2D eigenvalue weighted by molar-refractivity contribution is 7.90. The van der Waals surface area contributed by atoms with Crippen LogP contribution in [-0.4, -0.2) is 37.9 Å². The Bertz CT molecular complexity index is 837. The lowest BCUT2D eigenvalue weighted by molar-refractivity contribution is 0.0954. The van der Waals surface area contributed by atoms with E-state index in [9.17, 15) is 13.2 Å². The first kappa shape index (κ1) is 16.1. The fourth-order valence-electron chi connectivity index (χ4n) is 3.19. The summed E-state index contributed by atoms with van der Waals surface area (Å²) in [6.45, 7) is 0.370. The highest BCUT2D eigenvalue weighted by Gasteiger charge is 2.16. The van der Waals surface area contributed by atoms with E-state index >= 15 is 0 Å². The van der Waals surface area contributed by atoms with Crippen molar-refractivity contribution in [3.05, 3.63) is 35.0 Å². The van der Waals surface area contributed by atoms with Gasteiger partial charge in [0.25, 0.3) is 5.91 Å². The Morgan fingerprint density at radius 3 is 2.83 bits per heavy atom. The van der Waals surface area contributed by atoms with Crippen LogP contribution in [0.25, 0.3) is 10.9 Å². The Kier molecular flexibility index (Phi) is 4.43. The molecular weight excluding hydrogens is 312 g/mol. The van der Waals surface area contributed by atoms with Gasteiger partial charge >= 0.3 is 0 Å². The van der Waals surface area contributed by atoms with Gasteiger partial charge in [0.15, 0.2) is 0 Å². The standard InChI is InChI=1S/C17H22N2O3S/c1-23(21,22)10-4-9-18-17(20)12-7-8-16-14(11-12)13-5-2-3-6-15(13)19-16/h7-8,11,19H,2-6,9-10H2,1H3,(H,18,20). The number of H-pyrrole nitrogens is 1. The summed E-state index contributed by atoms with van der Waals surface area (Å²) in [7, 11) is -2.97. The van der Waals surface area contributed by atoms with Gasteiger partial charge in [-0.2, -0.15) is 0 Å². The molecule has 2 aromatic rings. The van der Waals surface area contributed by atoms with Crippen LogP contribution in [0.4, 0.5) is 0 Å². The highest BCUT2D eigenvalue weighted by atomic mass is 32.2. The van der Waals surface area contributed by atoms with Gasteiger partial charge in [-0.1, -0.05) is 0 Å². The second kappa shape index (κ2) is 6.35. The van der Waals surface area contributed by atoms with E-state index < -0.39 is 9.84 Å². The average Bonchev–Trinajstić information content (AvgIpc) is 2.88. The molecule has 0 unspecified atom stereocenters. The van der Waals surface area contributed by atoms with E-state index in [1.165, 1.54) is 30.4 Å². The lowest BCUT2D eigenvalue weighted by Gasteiger charge is -2.10. The zero-order valence-electron chi connectivity index (χ0n) is 13.3. The maximum absolute atomic E-state index is 12.2.